The number of carbonyl (C=O) groups excluding carboxylic acids is 2. The number of pyridine rings is 1. The Labute approximate surface area is 112 Å². The van der Waals surface area contributed by atoms with E-state index >= 15 is 0 Å². The lowest BCUT2D eigenvalue weighted by Gasteiger charge is -2.06. The molecule has 1 aromatic heterocycles. The number of amides is 2. The number of aliphatic hydroxyl groups is 1. The zero-order valence-electron chi connectivity index (χ0n) is 10.6. The number of unbranched alkanes of at least 4 members (excludes halogenated alkanes) is 2. The van der Waals surface area contributed by atoms with Crippen LogP contribution in [0.2, 0.25) is 0 Å². The fraction of sp³-hybridized carbons (Fsp3) is 0.385. The lowest BCUT2D eigenvalue weighted by atomic mass is 10.1. The summed E-state index contributed by atoms with van der Waals surface area (Å²) in [4.78, 5) is 26.7. The van der Waals surface area contributed by atoms with Crippen LogP contribution < -0.4 is 11.1 Å². The molecule has 1 rings (SSSR count). The third kappa shape index (κ3) is 5.48. The first kappa shape index (κ1) is 15.1. The predicted octanol–water partition coefficient (Wildman–Crippen LogP) is 0.0117. The van der Waals surface area contributed by atoms with Crippen molar-refractivity contribution in [2.24, 2.45) is 5.73 Å². The molecule has 0 fully saturated rings. The molecule has 103 valence electrons. The van der Waals surface area contributed by atoms with Crippen LogP contribution in [-0.4, -0.2) is 35.1 Å². The van der Waals surface area contributed by atoms with Crippen molar-refractivity contribution < 1.29 is 14.7 Å². The molecule has 2 amide bonds. The number of aliphatic hydroxyl groups excluding tert-OH is 1. The van der Waals surface area contributed by atoms with E-state index in [2.05, 4.69) is 10.3 Å². The minimum absolute atomic E-state index is 0.163. The number of nitrogens with zero attached hydrogens (tertiary/aromatic N) is 1. The van der Waals surface area contributed by atoms with Gasteiger partial charge in [0.25, 0.3) is 5.91 Å². The maximum Gasteiger partial charge on any atom is 0.250 e. The number of hydrogen-bond donors (Lipinski definition) is 3. The summed E-state index contributed by atoms with van der Waals surface area (Å²) >= 11 is 0. The van der Waals surface area contributed by atoms with Gasteiger partial charge in [-0.3, -0.25) is 14.6 Å². The van der Waals surface area contributed by atoms with E-state index in [0.29, 0.717) is 6.54 Å². The van der Waals surface area contributed by atoms with E-state index < -0.39 is 5.91 Å². The molecule has 0 atom stereocenters. The average molecular weight is 264 g/mol. The monoisotopic (exact) mass is 264 g/mol. The highest BCUT2D eigenvalue weighted by Gasteiger charge is 2.12. The van der Waals surface area contributed by atoms with Gasteiger partial charge in [-0.25, -0.2) is 0 Å². The van der Waals surface area contributed by atoms with Crippen molar-refractivity contribution in [2.45, 2.75) is 19.3 Å². The molecular weight excluding hydrogens is 246 g/mol. The molecule has 0 spiro atoms. The smallest absolute Gasteiger partial charge is 0.250 e. The molecule has 0 aliphatic carbocycles. The highest BCUT2D eigenvalue weighted by molar-refractivity contribution is 5.97. The second kappa shape index (κ2) is 8.20. The zero-order chi connectivity index (χ0) is 14.1. The van der Waals surface area contributed by atoms with E-state index in [-0.39, 0.29) is 23.8 Å². The first-order valence-corrected chi connectivity index (χ1v) is 6.13. The van der Waals surface area contributed by atoms with Crippen molar-refractivity contribution >= 4 is 11.8 Å². The molecule has 0 saturated heterocycles. The van der Waals surface area contributed by atoms with Crippen LogP contribution in [0.25, 0.3) is 0 Å². The fourth-order valence-corrected chi connectivity index (χ4v) is 1.54. The molecule has 0 aromatic carbocycles. The SMILES string of the molecule is NC(=O)c1cccnc1[CH]C(=O)NCCCCCO. The molecule has 6 nitrogen and oxygen atoms in total. The molecule has 0 unspecified atom stereocenters. The Kier molecular flexibility index (Phi) is 6.52. The molecular formula is C13H18N3O3. The summed E-state index contributed by atoms with van der Waals surface area (Å²) in [5.41, 5.74) is 5.68. The molecule has 0 aliphatic rings. The van der Waals surface area contributed by atoms with E-state index in [4.69, 9.17) is 10.8 Å². The summed E-state index contributed by atoms with van der Waals surface area (Å²) in [6.07, 6.45) is 5.13. The second-order valence-electron chi connectivity index (χ2n) is 4.02. The van der Waals surface area contributed by atoms with Crippen molar-refractivity contribution in [2.75, 3.05) is 13.2 Å². The van der Waals surface area contributed by atoms with E-state index in [0.717, 1.165) is 19.3 Å². The predicted molar refractivity (Wildman–Crippen MR) is 70.1 cm³/mol. The minimum atomic E-state index is -0.616. The molecule has 1 aromatic rings. The third-order valence-corrected chi connectivity index (χ3v) is 2.51. The summed E-state index contributed by atoms with van der Waals surface area (Å²) in [5, 5.41) is 11.3. The average Bonchev–Trinajstić information content (AvgIpc) is 2.39. The van der Waals surface area contributed by atoms with E-state index in [1.54, 1.807) is 6.07 Å². The standard InChI is InChI=1S/C13H18N3O3/c14-13(19)10-5-4-7-15-11(10)9-12(18)16-6-2-1-3-8-17/h4-5,7,9,17H,1-3,6,8H2,(H2,14,19)(H,16,18). The van der Waals surface area contributed by atoms with E-state index in [9.17, 15) is 9.59 Å². The number of rotatable bonds is 8. The number of primary amides is 1. The van der Waals surface area contributed by atoms with Crippen molar-refractivity contribution in [3.8, 4) is 0 Å². The van der Waals surface area contributed by atoms with Crippen molar-refractivity contribution in [3.63, 3.8) is 0 Å². The van der Waals surface area contributed by atoms with E-state index in [1.165, 1.54) is 18.7 Å². The molecule has 6 heteroatoms. The third-order valence-electron chi connectivity index (χ3n) is 2.51. The van der Waals surface area contributed by atoms with Crippen LogP contribution in [0.5, 0.6) is 0 Å². The van der Waals surface area contributed by atoms with Crippen molar-refractivity contribution in [3.05, 3.63) is 36.0 Å². The van der Waals surface area contributed by atoms with Gasteiger partial charge in [0.05, 0.1) is 17.7 Å². The molecule has 0 bridgehead atoms. The van der Waals surface area contributed by atoms with Crippen LogP contribution in [-0.2, 0) is 4.79 Å². The van der Waals surface area contributed by atoms with Crippen LogP contribution in [0, 0.1) is 6.42 Å². The maximum absolute atomic E-state index is 11.6. The molecule has 4 N–H and O–H groups in total. The summed E-state index contributed by atoms with van der Waals surface area (Å²) in [7, 11) is 0. The number of nitrogens with two attached hydrogens (primary N) is 1. The van der Waals surface area contributed by atoms with Gasteiger partial charge in [0.15, 0.2) is 0 Å². The quantitative estimate of drug-likeness (QED) is 0.575. The van der Waals surface area contributed by atoms with Crippen LogP contribution in [0.15, 0.2) is 18.3 Å². The van der Waals surface area contributed by atoms with Crippen LogP contribution in [0.1, 0.15) is 35.3 Å². The van der Waals surface area contributed by atoms with Crippen LogP contribution in [0.3, 0.4) is 0 Å². The van der Waals surface area contributed by atoms with Gasteiger partial charge in [0.2, 0.25) is 5.91 Å². The summed E-state index contributed by atoms with van der Waals surface area (Å²) in [5.74, 6) is -0.930. The minimum Gasteiger partial charge on any atom is -0.396 e. The first-order chi connectivity index (χ1) is 9.15. The lowest BCUT2D eigenvalue weighted by Crippen LogP contribution is -2.26. The first-order valence-electron chi connectivity index (χ1n) is 6.13. The molecule has 1 heterocycles. The van der Waals surface area contributed by atoms with Crippen molar-refractivity contribution in [1.29, 1.82) is 0 Å². The molecule has 0 aliphatic heterocycles. The number of carbonyl (C=O) groups is 2. The van der Waals surface area contributed by atoms with Crippen LogP contribution in [0.4, 0.5) is 0 Å². The van der Waals surface area contributed by atoms with E-state index in [1.807, 2.05) is 0 Å². The second-order valence-corrected chi connectivity index (χ2v) is 4.02. The normalized spacial score (nSPS) is 10.2. The maximum atomic E-state index is 11.6. The van der Waals surface area contributed by atoms with Gasteiger partial charge in [0, 0.05) is 19.3 Å². The topological polar surface area (TPSA) is 105 Å². The molecule has 0 saturated carbocycles. The highest BCUT2D eigenvalue weighted by atomic mass is 16.3. The summed E-state index contributed by atoms with van der Waals surface area (Å²) < 4.78 is 0. The van der Waals surface area contributed by atoms with Gasteiger partial charge < -0.3 is 16.2 Å². The van der Waals surface area contributed by atoms with Gasteiger partial charge >= 0.3 is 0 Å². The Bertz CT molecular complexity index is 435. The Morgan fingerprint density at radius 3 is 2.84 bits per heavy atom. The van der Waals surface area contributed by atoms with Gasteiger partial charge in [-0.1, -0.05) is 0 Å². The number of hydrogen-bond acceptors (Lipinski definition) is 4. The summed E-state index contributed by atoms with van der Waals surface area (Å²) in [6, 6.07) is 3.11. The lowest BCUT2D eigenvalue weighted by molar-refractivity contribution is -0.117. The van der Waals surface area contributed by atoms with Gasteiger partial charge in [0.1, 0.15) is 0 Å². The van der Waals surface area contributed by atoms with Gasteiger partial charge in [-0.15, -0.1) is 0 Å². The summed E-state index contributed by atoms with van der Waals surface area (Å²) in [6.45, 7) is 0.685. The van der Waals surface area contributed by atoms with Crippen molar-refractivity contribution in [1.82, 2.24) is 10.3 Å². The fourth-order valence-electron chi connectivity index (χ4n) is 1.54. The van der Waals surface area contributed by atoms with Gasteiger partial charge in [-0.2, -0.15) is 0 Å². The molecule has 1 radical (unpaired) electrons. The number of nitrogens with one attached hydrogen (secondary N) is 1. The van der Waals surface area contributed by atoms with Crippen LogP contribution >= 0.6 is 0 Å². The largest absolute Gasteiger partial charge is 0.396 e. The Morgan fingerprint density at radius 1 is 1.37 bits per heavy atom. The molecule has 19 heavy (non-hydrogen) atoms. The Hall–Kier alpha value is -1.95. The Balaban J connectivity index is 2.42. The number of aromatic nitrogens is 1. The van der Waals surface area contributed by atoms with Gasteiger partial charge in [-0.05, 0) is 31.4 Å². The Morgan fingerprint density at radius 2 is 2.16 bits per heavy atom. The highest BCUT2D eigenvalue weighted by Crippen LogP contribution is 2.06. The zero-order valence-corrected chi connectivity index (χ0v) is 10.6.